The van der Waals surface area contributed by atoms with Gasteiger partial charge in [-0.25, -0.2) is 9.78 Å². The highest BCUT2D eigenvalue weighted by Gasteiger charge is 2.11. The zero-order chi connectivity index (χ0) is 15.0. The van der Waals surface area contributed by atoms with Crippen LogP contribution in [0.5, 0.6) is 5.75 Å². The Morgan fingerprint density at radius 2 is 2.24 bits per heavy atom. The van der Waals surface area contributed by atoms with Gasteiger partial charge in [0.15, 0.2) is 0 Å². The zero-order valence-corrected chi connectivity index (χ0v) is 13.3. The van der Waals surface area contributed by atoms with E-state index in [0.29, 0.717) is 11.3 Å². The zero-order valence-electron chi connectivity index (χ0n) is 10.9. The summed E-state index contributed by atoms with van der Waals surface area (Å²) < 4.78 is 6.04. The van der Waals surface area contributed by atoms with Crippen LogP contribution in [0.4, 0.5) is 0 Å². The number of aromatic nitrogens is 1. The highest BCUT2D eigenvalue weighted by Crippen LogP contribution is 2.33. The average Bonchev–Trinajstić information content (AvgIpc) is 2.84. The summed E-state index contributed by atoms with van der Waals surface area (Å²) in [4.78, 5) is 16.0. The van der Waals surface area contributed by atoms with Crippen LogP contribution < -0.4 is 5.63 Å². The van der Waals surface area contributed by atoms with E-state index in [-0.39, 0.29) is 10.8 Å². The lowest BCUT2D eigenvalue weighted by Crippen LogP contribution is -1.99. The second kappa shape index (κ2) is 5.71. The van der Waals surface area contributed by atoms with E-state index in [4.69, 9.17) is 16.0 Å². The molecule has 0 unspecified atom stereocenters. The minimum atomic E-state index is -0.449. The van der Waals surface area contributed by atoms with E-state index in [2.05, 4.69) is 4.98 Å². The van der Waals surface area contributed by atoms with Gasteiger partial charge in [-0.3, -0.25) is 0 Å². The van der Waals surface area contributed by atoms with Crippen molar-refractivity contribution in [2.75, 3.05) is 0 Å². The maximum atomic E-state index is 11.6. The molecule has 108 valence electrons. The number of nitrogens with zero attached hydrogens (tertiary/aromatic N) is 1. The second-order valence-electron chi connectivity index (χ2n) is 4.43. The molecule has 1 N–H and O–H groups in total. The quantitative estimate of drug-likeness (QED) is 0.572. The fraction of sp³-hybridized carbons (Fsp3) is 0.143. The van der Waals surface area contributed by atoms with E-state index in [1.54, 1.807) is 29.2 Å². The fourth-order valence-corrected chi connectivity index (χ4v) is 3.90. The van der Waals surface area contributed by atoms with E-state index < -0.39 is 5.63 Å². The van der Waals surface area contributed by atoms with E-state index in [1.807, 2.05) is 12.3 Å². The van der Waals surface area contributed by atoms with Crippen LogP contribution in [0, 0.1) is 6.92 Å². The topological polar surface area (TPSA) is 63.3 Å². The Kier molecular flexibility index (Phi) is 3.93. The first kappa shape index (κ1) is 14.4. The minimum absolute atomic E-state index is 0.104. The molecule has 0 atom stereocenters. The number of aromatic hydroxyl groups is 1. The largest absolute Gasteiger partial charge is 0.506 e. The Balaban J connectivity index is 2.00. The van der Waals surface area contributed by atoms with Crippen molar-refractivity contribution >= 4 is 45.7 Å². The van der Waals surface area contributed by atoms with Gasteiger partial charge in [-0.1, -0.05) is 23.4 Å². The van der Waals surface area contributed by atoms with Crippen molar-refractivity contribution in [1.82, 2.24) is 4.98 Å². The van der Waals surface area contributed by atoms with Gasteiger partial charge in [-0.15, -0.1) is 11.3 Å². The highest BCUT2D eigenvalue weighted by atomic mass is 35.5. The number of hydrogen-bond acceptors (Lipinski definition) is 6. The molecule has 2 heterocycles. The summed E-state index contributed by atoms with van der Waals surface area (Å²) in [5.41, 5.74) is 1.67. The molecule has 0 fully saturated rings. The second-order valence-corrected chi connectivity index (χ2v) is 6.92. The fourth-order valence-electron chi connectivity index (χ4n) is 1.89. The number of hydrogen-bond donors (Lipinski definition) is 1. The maximum Gasteiger partial charge on any atom is 0.336 e. The molecule has 0 amide bonds. The molecule has 0 saturated heterocycles. The Labute approximate surface area is 133 Å². The van der Waals surface area contributed by atoms with Crippen molar-refractivity contribution in [3.05, 3.63) is 50.3 Å². The van der Waals surface area contributed by atoms with Crippen LogP contribution in [0.2, 0.25) is 5.02 Å². The summed E-state index contributed by atoms with van der Waals surface area (Å²) >= 11 is 9.05. The Hall–Kier alpha value is -1.50. The van der Waals surface area contributed by atoms with Crippen LogP contribution in [0.1, 0.15) is 11.3 Å². The molecule has 0 aliphatic heterocycles. The first-order valence-electron chi connectivity index (χ1n) is 6.03. The molecule has 0 radical (unpaired) electrons. The summed E-state index contributed by atoms with van der Waals surface area (Å²) in [5, 5.41) is 12.5. The van der Waals surface area contributed by atoms with Crippen LogP contribution in [0.3, 0.4) is 0 Å². The highest BCUT2D eigenvalue weighted by molar-refractivity contribution is 8.00. The summed E-state index contributed by atoms with van der Waals surface area (Å²) in [7, 11) is 0. The molecule has 21 heavy (non-hydrogen) atoms. The Morgan fingerprint density at radius 3 is 2.95 bits per heavy atom. The number of phenolic OH excluding ortho intramolecular Hbond substituents is 1. The number of phenols is 1. The van der Waals surface area contributed by atoms with Crippen LogP contribution in [0.25, 0.3) is 11.0 Å². The Bertz CT molecular complexity index is 872. The third-order valence-electron chi connectivity index (χ3n) is 2.85. The molecule has 2 aromatic heterocycles. The molecule has 0 aliphatic rings. The summed E-state index contributed by atoms with van der Waals surface area (Å²) in [5.74, 6) is 0.476. The third kappa shape index (κ3) is 3.07. The van der Waals surface area contributed by atoms with Crippen molar-refractivity contribution in [2.45, 2.75) is 17.0 Å². The predicted octanol–water partition coefficient (Wildman–Crippen LogP) is 4.21. The lowest BCUT2D eigenvalue weighted by Gasteiger charge is -2.05. The molecule has 0 bridgehead atoms. The van der Waals surface area contributed by atoms with Gasteiger partial charge < -0.3 is 9.52 Å². The van der Waals surface area contributed by atoms with Gasteiger partial charge in [0, 0.05) is 34.3 Å². The van der Waals surface area contributed by atoms with E-state index in [0.717, 1.165) is 21.0 Å². The number of thiazole rings is 1. The minimum Gasteiger partial charge on any atom is -0.506 e. The van der Waals surface area contributed by atoms with Crippen molar-refractivity contribution in [2.24, 2.45) is 0 Å². The number of aryl methyl sites for hydroxylation is 1. The molecular weight excluding hydrogens is 330 g/mol. The molecule has 0 spiro atoms. The number of rotatable bonds is 3. The standard InChI is InChI=1S/C14H10ClNO3S2/c1-7-5-20-14(16-7)21-6-8-2-13(18)19-12-4-11(17)10(15)3-9(8)12/h2-5,17H,6H2,1H3. The average molecular weight is 340 g/mol. The van der Waals surface area contributed by atoms with Gasteiger partial charge in [0.05, 0.1) is 5.02 Å². The molecular formula is C14H10ClNO3S2. The van der Waals surface area contributed by atoms with E-state index in [9.17, 15) is 9.90 Å². The summed E-state index contributed by atoms with van der Waals surface area (Å²) in [6, 6.07) is 4.42. The van der Waals surface area contributed by atoms with Crippen LogP contribution >= 0.6 is 34.7 Å². The molecule has 7 heteroatoms. The molecule has 0 saturated carbocycles. The van der Waals surface area contributed by atoms with Gasteiger partial charge >= 0.3 is 5.63 Å². The monoisotopic (exact) mass is 339 g/mol. The summed E-state index contributed by atoms with van der Waals surface area (Å²) in [6.45, 7) is 1.94. The van der Waals surface area contributed by atoms with Gasteiger partial charge in [0.25, 0.3) is 0 Å². The first-order valence-corrected chi connectivity index (χ1v) is 8.27. The van der Waals surface area contributed by atoms with E-state index in [1.165, 1.54) is 12.1 Å². The lowest BCUT2D eigenvalue weighted by atomic mass is 10.1. The smallest absolute Gasteiger partial charge is 0.336 e. The van der Waals surface area contributed by atoms with E-state index >= 15 is 0 Å². The first-order chi connectivity index (χ1) is 10.0. The van der Waals surface area contributed by atoms with Gasteiger partial charge in [-0.05, 0) is 18.6 Å². The number of benzene rings is 1. The van der Waals surface area contributed by atoms with Crippen molar-refractivity contribution in [3.63, 3.8) is 0 Å². The van der Waals surface area contributed by atoms with Crippen molar-refractivity contribution in [1.29, 1.82) is 0 Å². The molecule has 3 aromatic rings. The summed E-state index contributed by atoms with van der Waals surface area (Å²) in [6.07, 6.45) is 0. The molecule has 4 nitrogen and oxygen atoms in total. The Morgan fingerprint density at radius 1 is 1.43 bits per heavy atom. The van der Waals surface area contributed by atoms with Crippen molar-refractivity contribution < 1.29 is 9.52 Å². The number of fused-ring (bicyclic) bond motifs is 1. The maximum absolute atomic E-state index is 11.6. The SMILES string of the molecule is Cc1csc(SCc2cc(=O)oc3cc(O)c(Cl)cc23)n1. The van der Waals surface area contributed by atoms with Gasteiger partial charge in [0.1, 0.15) is 15.7 Å². The lowest BCUT2D eigenvalue weighted by molar-refractivity contribution is 0.473. The normalized spacial score (nSPS) is 11.1. The van der Waals surface area contributed by atoms with Crippen LogP contribution in [-0.4, -0.2) is 10.1 Å². The van der Waals surface area contributed by atoms with Gasteiger partial charge in [-0.2, -0.15) is 0 Å². The van der Waals surface area contributed by atoms with Gasteiger partial charge in [0.2, 0.25) is 0 Å². The number of thioether (sulfide) groups is 1. The number of halogens is 1. The molecule has 3 rings (SSSR count). The molecule has 0 aliphatic carbocycles. The van der Waals surface area contributed by atoms with Crippen LogP contribution in [0.15, 0.2) is 37.1 Å². The van der Waals surface area contributed by atoms with Crippen LogP contribution in [-0.2, 0) is 5.75 Å². The third-order valence-corrected chi connectivity index (χ3v) is 5.34. The predicted molar refractivity (Wildman–Crippen MR) is 85.6 cm³/mol. The van der Waals surface area contributed by atoms with Crippen molar-refractivity contribution in [3.8, 4) is 5.75 Å². The molecule has 1 aromatic carbocycles.